The standard InChI is InChI=1S/C20H16O4/c1-12-8-17(21)24-19-15(12)9-16-13(2)10-22-18(16)20(19)23-11-14-6-4-3-5-7-14/h3-10H,11H2,1-2H3. The highest BCUT2D eigenvalue weighted by Gasteiger charge is 2.18. The summed E-state index contributed by atoms with van der Waals surface area (Å²) in [5.74, 6) is 0.472. The van der Waals surface area contributed by atoms with Gasteiger partial charge in [-0.15, -0.1) is 0 Å². The molecule has 0 aliphatic heterocycles. The Balaban J connectivity index is 1.94. The van der Waals surface area contributed by atoms with Crippen molar-refractivity contribution in [2.24, 2.45) is 0 Å². The highest BCUT2D eigenvalue weighted by atomic mass is 16.5. The summed E-state index contributed by atoms with van der Waals surface area (Å²) >= 11 is 0. The highest BCUT2D eigenvalue weighted by Crippen LogP contribution is 2.38. The van der Waals surface area contributed by atoms with Crippen LogP contribution in [0.5, 0.6) is 5.75 Å². The molecule has 0 saturated heterocycles. The number of rotatable bonds is 3. The summed E-state index contributed by atoms with van der Waals surface area (Å²) < 4.78 is 17.1. The summed E-state index contributed by atoms with van der Waals surface area (Å²) in [5, 5.41) is 1.82. The minimum atomic E-state index is -0.396. The molecule has 4 heteroatoms. The second-order valence-electron chi connectivity index (χ2n) is 5.90. The highest BCUT2D eigenvalue weighted by molar-refractivity contribution is 6.02. The van der Waals surface area contributed by atoms with Crippen LogP contribution in [-0.4, -0.2) is 0 Å². The van der Waals surface area contributed by atoms with Gasteiger partial charge in [-0.3, -0.25) is 0 Å². The molecule has 0 spiro atoms. The number of fused-ring (bicyclic) bond motifs is 2. The van der Waals surface area contributed by atoms with Crippen molar-refractivity contribution >= 4 is 21.9 Å². The van der Waals surface area contributed by atoms with Crippen molar-refractivity contribution < 1.29 is 13.6 Å². The zero-order valence-corrected chi connectivity index (χ0v) is 13.5. The lowest BCUT2D eigenvalue weighted by Crippen LogP contribution is -2.01. The van der Waals surface area contributed by atoms with Gasteiger partial charge in [0.15, 0.2) is 11.2 Å². The molecule has 4 rings (SSSR count). The summed E-state index contributed by atoms with van der Waals surface area (Å²) in [6.45, 7) is 4.24. The first-order chi connectivity index (χ1) is 11.6. The third-order valence-corrected chi connectivity index (χ3v) is 4.16. The van der Waals surface area contributed by atoms with Gasteiger partial charge in [0.2, 0.25) is 5.75 Å². The normalized spacial score (nSPS) is 11.2. The van der Waals surface area contributed by atoms with E-state index in [2.05, 4.69) is 0 Å². The minimum absolute atomic E-state index is 0.368. The van der Waals surface area contributed by atoms with E-state index in [1.165, 1.54) is 6.07 Å². The molecule has 0 aliphatic rings. The summed E-state index contributed by atoms with van der Waals surface area (Å²) in [6.07, 6.45) is 1.69. The summed E-state index contributed by atoms with van der Waals surface area (Å²) in [6, 6.07) is 13.3. The Morgan fingerprint density at radius 2 is 1.71 bits per heavy atom. The molecule has 0 bridgehead atoms. The predicted octanol–water partition coefficient (Wildman–Crippen LogP) is 4.74. The molecule has 4 nitrogen and oxygen atoms in total. The molecular formula is C20H16O4. The van der Waals surface area contributed by atoms with E-state index in [1.807, 2.05) is 50.2 Å². The van der Waals surface area contributed by atoms with E-state index >= 15 is 0 Å². The van der Waals surface area contributed by atoms with Crippen LogP contribution in [0.15, 0.2) is 62.4 Å². The predicted molar refractivity (Wildman–Crippen MR) is 92.5 cm³/mol. The van der Waals surface area contributed by atoms with Gasteiger partial charge in [-0.25, -0.2) is 4.79 Å². The number of ether oxygens (including phenoxy) is 1. The molecule has 2 aromatic heterocycles. The maximum Gasteiger partial charge on any atom is 0.336 e. The van der Waals surface area contributed by atoms with Crippen molar-refractivity contribution in [3.05, 3.63) is 75.8 Å². The number of furan rings is 1. The summed E-state index contributed by atoms with van der Waals surface area (Å²) in [4.78, 5) is 11.8. The van der Waals surface area contributed by atoms with Crippen molar-refractivity contribution in [3.63, 3.8) is 0 Å². The van der Waals surface area contributed by atoms with E-state index in [-0.39, 0.29) is 0 Å². The zero-order valence-electron chi connectivity index (χ0n) is 13.5. The van der Waals surface area contributed by atoms with Crippen molar-refractivity contribution in [1.82, 2.24) is 0 Å². The van der Waals surface area contributed by atoms with Gasteiger partial charge in [-0.2, -0.15) is 0 Å². The van der Waals surface area contributed by atoms with Gasteiger partial charge in [-0.05, 0) is 36.6 Å². The molecule has 4 aromatic rings. The average molecular weight is 320 g/mol. The van der Waals surface area contributed by atoms with E-state index in [9.17, 15) is 4.79 Å². The smallest absolute Gasteiger partial charge is 0.336 e. The first-order valence-electron chi connectivity index (χ1n) is 7.75. The van der Waals surface area contributed by atoms with Crippen LogP contribution < -0.4 is 10.4 Å². The number of hydrogen-bond donors (Lipinski definition) is 0. The fourth-order valence-electron chi connectivity index (χ4n) is 2.88. The third kappa shape index (κ3) is 2.36. The van der Waals surface area contributed by atoms with E-state index in [0.29, 0.717) is 23.5 Å². The Morgan fingerprint density at radius 3 is 2.50 bits per heavy atom. The van der Waals surface area contributed by atoms with Crippen molar-refractivity contribution in [3.8, 4) is 5.75 Å². The second-order valence-corrected chi connectivity index (χ2v) is 5.90. The molecule has 0 N–H and O–H groups in total. The molecule has 0 saturated carbocycles. The van der Waals surface area contributed by atoms with Crippen molar-refractivity contribution in [2.75, 3.05) is 0 Å². The van der Waals surface area contributed by atoms with E-state index in [4.69, 9.17) is 13.6 Å². The monoisotopic (exact) mass is 320 g/mol. The van der Waals surface area contributed by atoms with Gasteiger partial charge < -0.3 is 13.6 Å². The van der Waals surface area contributed by atoms with Crippen LogP contribution in [0.4, 0.5) is 0 Å². The maximum absolute atomic E-state index is 11.8. The number of hydrogen-bond acceptors (Lipinski definition) is 4. The van der Waals surface area contributed by atoms with Gasteiger partial charge >= 0.3 is 5.63 Å². The Labute approximate surface area is 138 Å². The van der Waals surface area contributed by atoms with E-state index in [1.54, 1.807) is 6.26 Å². The van der Waals surface area contributed by atoms with Crippen molar-refractivity contribution in [2.45, 2.75) is 20.5 Å². The Bertz CT molecular complexity index is 1090. The molecule has 24 heavy (non-hydrogen) atoms. The lowest BCUT2D eigenvalue weighted by Gasteiger charge is -2.10. The molecule has 0 radical (unpaired) electrons. The third-order valence-electron chi connectivity index (χ3n) is 4.16. The van der Waals surface area contributed by atoms with Crippen LogP contribution in [0.2, 0.25) is 0 Å². The fraction of sp³-hybridized carbons (Fsp3) is 0.150. The Hall–Kier alpha value is -3.01. The van der Waals surface area contributed by atoms with Gasteiger partial charge in [-0.1, -0.05) is 30.3 Å². The first kappa shape index (κ1) is 14.6. The van der Waals surface area contributed by atoms with Gasteiger partial charge in [0.1, 0.15) is 6.61 Å². The number of aryl methyl sites for hydroxylation is 2. The number of benzene rings is 2. The summed E-state index contributed by atoms with van der Waals surface area (Å²) in [7, 11) is 0. The van der Waals surface area contributed by atoms with Crippen molar-refractivity contribution in [1.29, 1.82) is 0 Å². The zero-order chi connectivity index (χ0) is 16.7. The molecule has 0 unspecified atom stereocenters. The minimum Gasteiger partial charge on any atom is -0.481 e. The Morgan fingerprint density at radius 1 is 0.958 bits per heavy atom. The second kappa shape index (κ2) is 5.57. The molecule has 2 heterocycles. The fourth-order valence-corrected chi connectivity index (χ4v) is 2.88. The van der Waals surface area contributed by atoms with Crippen LogP contribution in [0, 0.1) is 13.8 Å². The molecule has 0 atom stereocenters. The molecule has 0 fully saturated rings. The van der Waals surface area contributed by atoms with E-state index < -0.39 is 5.63 Å². The van der Waals surface area contributed by atoms with E-state index in [0.717, 1.165) is 27.5 Å². The first-order valence-corrected chi connectivity index (χ1v) is 7.75. The van der Waals surface area contributed by atoms with Crippen LogP contribution in [0.3, 0.4) is 0 Å². The molecule has 120 valence electrons. The molecular weight excluding hydrogens is 304 g/mol. The van der Waals surface area contributed by atoms with Gasteiger partial charge in [0, 0.05) is 16.8 Å². The lowest BCUT2D eigenvalue weighted by atomic mass is 10.1. The SMILES string of the molecule is Cc1coc2c(OCc3ccccc3)c3oc(=O)cc(C)c3cc12. The van der Waals surface area contributed by atoms with Crippen LogP contribution in [0.25, 0.3) is 21.9 Å². The largest absolute Gasteiger partial charge is 0.481 e. The van der Waals surface area contributed by atoms with Gasteiger partial charge in [0.05, 0.1) is 6.26 Å². The van der Waals surface area contributed by atoms with Crippen LogP contribution in [-0.2, 0) is 6.61 Å². The molecule has 0 amide bonds. The van der Waals surface area contributed by atoms with Crippen LogP contribution >= 0.6 is 0 Å². The maximum atomic E-state index is 11.8. The van der Waals surface area contributed by atoms with Gasteiger partial charge in [0.25, 0.3) is 0 Å². The van der Waals surface area contributed by atoms with Crippen LogP contribution in [0.1, 0.15) is 16.7 Å². The summed E-state index contributed by atoms with van der Waals surface area (Å²) in [5.41, 5.74) is 3.53. The molecule has 0 aliphatic carbocycles. The molecule has 2 aromatic carbocycles. The topological polar surface area (TPSA) is 52.6 Å². The average Bonchev–Trinajstić information content (AvgIpc) is 2.94. The Kier molecular flexibility index (Phi) is 3.38. The lowest BCUT2D eigenvalue weighted by molar-refractivity contribution is 0.303. The quantitative estimate of drug-likeness (QED) is 0.512.